The van der Waals surface area contributed by atoms with Gasteiger partial charge in [-0.05, 0) is 0 Å². The third-order valence-electron chi connectivity index (χ3n) is 2.85. The van der Waals surface area contributed by atoms with Crippen LogP contribution in [-0.4, -0.2) is 88.1 Å². The number of aliphatic hydroxyl groups is 5. The summed E-state index contributed by atoms with van der Waals surface area (Å²) in [5, 5.41) is 46.9. The molecule has 1 aliphatic heterocycles. The molecule has 1 fully saturated rings. The molecular weight excluding hydrogens is 276 g/mol. The quantitative estimate of drug-likeness (QED) is 0.318. The summed E-state index contributed by atoms with van der Waals surface area (Å²) in [6.45, 7) is -0.177. The van der Waals surface area contributed by atoms with Crippen LogP contribution in [0.4, 0.5) is 0 Å². The Morgan fingerprint density at radius 3 is 2.35 bits per heavy atom. The summed E-state index contributed by atoms with van der Waals surface area (Å²) in [5.41, 5.74) is 0. The number of esters is 1. The van der Waals surface area contributed by atoms with Crippen molar-refractivity contribution < 1.29 is 44.5 Å². The Morgan fingerprint density at radius 2 is 1.85 bits per heavy atom. The van der Waals surface area contributed by atoms with Gasteiger partial charge in [-0.1, -0.05) is 0 Å². The molecule has 0 amide bonds. The molecule has 0 aromatic rings. The second kappa shape index (κ2) is 7.84. The van der Waals surface area contributed by atoms with Crippen LogP contribution in [0.1, 0.15) is 6.92 Å². The number of carbonyl (C=O) groups excluding carboxylic acids is 1. The van der Waals surface area contributed by atoms with Crippen LogP contribution in [-0.2, 0) is 19.0 Å². The highest BCUT2D eigenvalue weighted by Crippen LogP contribution is 2.22. The highest BCUT2D eigenvalue weighted by molar-refractivity contribution is 5.65. The number of hydrogen-bond acceptors (Lipinski definition) is 9. The highest BCUT2D eigenvalue weighted by atomic mass is 16.7. The van der Waals surface area contributed by atoms with Crippen molar-refractivity contribution in [2.24, 2.45) is 0 Å². The summed E-state index contributed by atoms with van der Waals surface area (Å²) in [6, 6.07) is 0. The number of ether oxygens (including phenoxy) is 3. The molecule has 1 heterocycles. The molecule has 0 bridgehead atoms. The fraction of sp³-hybridized carbons (Fsp3) is 0.909. The number of rotatable bonds is 6. The summed E-state index contributed by atoms with van der Waals surface area (Å²) < 4.78 is 14.9. The maximum atomic E-state index is 10.7. The van der Waals surface area contributed by atoms with Gasteiger partial charge in [0.2, 0.25) is 0 Å². The van der Waals surface area contributed by atoms with Gasteiger partial charge in [0.05, 0.1) is 13.2 Å². The lowest BCUT2D eigenvalue weighted by molar-refractivity contribution is -0.315. The number of hydrogen-bond donors (Lipinski definition) is 5. The zero-order valence-corrected chi connectivity index (χ0v) is 11.0. The predicted octanol–water partition coefficient (Wildman–Crippen LogP) is -3.27. The van der Waals surface area contributed by atoms with E-state index in [1.165, 1.54) is 6.92 Å². The Kier molecular flexibility index (Phi) is 6.76. The van der Waals surface area contributed by atoms with E-state index in [9.17, 15) is 20.1 Å². The van der Waals surface area contributed by atoms with Crippen molar-refractivity contribution in [1.82, 2.24) is 0 Å². The van der Waals surface area contributed by atoms with E-state index in [4.69, 9.17) is 19.7 Å². The van der Waals surface area contributed by atoms with Gasteiger partial charge >= 0.3 is 5.97 Å². The number of aliphatic hydroxyl groups excluding tert-OH is 5. The Labute approximate surface area is 115 Å². The summed E-state index contributed by atoms with van der Waals surface area (Å²) in [5.74, 6) is -0.569. The standard InChI is InChI=1S/C11H20O9/c1-5(14)18-4-6(2-12)19-11-10(17)9(16)8(15)7(3-13)20-11/h6-13,15-17H,2-4H2,1H3/t6?,7-,8-,9+,10-,11-/m1/s1. The minimum Gasteiger partial charge on any atom is -0.463 e. The van der Waals surface area contributed by atoms with E-state index in [1.807, 2.05) is 0 Å². The molecule has 1 aliphatic rings. The van der Waals surface area contributed by atoms with E-state index in [-0.39, 0.29) is 6.61 Å². The van der Waals surface area contributed by atoms with Crippen LogP contribution in [0.15, 0.2) is 0 Å². The van der Waals surface area contributed by atoms with Crippen LogP contribution in [0.25, 0.3) is 0 Å². The van der Waals surface area contributed by atoms with Gasteiger partial charge < -0.3 is 39.7 Å². The molecule has 0 spiro atoms. The van der Waals surface area contributed by atoms with Gasteiger partial charge in [0.25, 0.3) is 0 Å². The molecule has 1 unspecified atom stereocenters. The lowest BCUT2D eigenvalue weighted by Crippen LogP contribution is -2.60. The third kappa shape index (κ3) is 4.35. The molecule has 6 atom stereocenters. The topological polar surface area (TPSA) is 146 Å². The van der Waals surface area contributed by atoms with Gasteiger partial charge in [0, 0.05) is 6.92 Å². The average Bonchev–Trinajstić information content (AvgIpc) is 2.43. The summed E-state index contributed by atoms with van der Waals surface area (Å²) in [4.78, 5) is 10.7. The molecule has 0 saturated carbocycles. The smallest absolute Gasteiger partial charge is 0.302 e. The fourth-order valence-electron chi connectivity index (χ4n) is 1.71. The van der Waals surface area contributed by atoms with Gasteiger partial charge in [-0.15, -0.1) is 0 Å². The molecule has 9 nitrogen and oxygen atoms in total. The summed E-state index contributed by atoms with van der Waals surface area (Å²) in [6.07, 6.45) is -8.08. The van der Waals surface area contributed by atoms with Gasteiger partial charge in [0.15, 0.2) is 6.29 Å². The zero-order chi connectivity index (χ0) is 15.3. The Balaban J connectivity index is 2.61. The molecular formula is C11H20O9. The molecule has 20 heavy (non-hydrogen) atoms. The van der Waals surface area contributed by atoms with Gasteiger partial charge in [-0.25, -0.2) is 0 Å². The average molecular weight is 296 g/mol. The summed E-state index contributed by atoms with van der Waals surface area (Å²) in [7, 11) is 0. The molecule has 1 saturated heterocycles. The van der Waals surface area contributed by atoms with Gasteiger partial charge in [-0.3, -0.25) is 4.79 Å². The van der Waals surface area contributed by atoms with Gasteiger partial charge in [0.1, 0.15) is 37.1 Å². The van der Waals surface area contributed by atoms with Crippen LogP contribution in [0.3, 0.4) is 0 Å². The first kappa shape index (κ1) is 17.2. The van der Waals surface area contributed by atoms with E-state index in [1.54, 1.807) is 0 Å². The Bertz CT molecular complexity index is 308. The van der Waals surface area contributed by atoms with Crippen molar-refractivity contribution in [1.29, 1.82) is 0 Å². The Morgan fingerprint density at radius 1 is 1.20 bits per heavy atom. The van der Waals surface area contributed by atoms with Crippen LogP contribution < -0.4 is 0 Å². The van der Waals surface area contributed by atoms with Crippen molar-refractivity contribution in [3.8, 4) is 0 Å². The molecule has 9 heteroatoms. The molecule has 1 rings (SSSR count). The zero-order valence-electron chi connectivity index (χ0n) is 11.0. The molecule has 5 N–H and O–H groups in total. The van der Waals surface area contributed by atoms with Crippen molar-refractivity contribution in [3.63, 3.8) is 0 Å². The first-order valence-electron chi connectivity index (χ1n) is 6.10. The molecule has 0 radical (unpaired) electrons. The molecule has 118 valence electrons. The van der Waals surface area contributed by atoms with Crippen molar-refractivity contribution in [3.05, 3.63) is 0 Å². The maximum Gasteiger partial charge on any atom is 0.302 e. The normalized spacial score (nSPS) is 35.6. The van der Waals surface area contributed by atoms with Crippen molar-refractivity contribution in [2.45, 2.75) is 43.7 Å². The highest BCUT2D eigenvalue weighted by Gasteiger charge is 2.44. The third-order valence-corrected chi connectivity index (χ3v) is 2.85. The first-order valence-corrected chi connectivity index (χ1v) is 6.10. The first-order chi connectivity index (χ1) is 9.40. The fourth-order valence-corrected chi connectivity index (χ4v) is 1.71. The molecule has 0 aliphatic carbocycles. The van der Waals surface area contributed by atoms with Crippen LogP contribution in [0.5, 0.6) is 0 Å². The second-order valence-electron chi connectivity index (χ2n) is 4.44. The van der Waals surface area contributed by atoms with E-state index < -0.39 is 56.0 Å². The maximum absolute atomic E-state index is 10.7. The van der Waals surface area contributed by atoms with Crippen LogP contribution in [0, 0.1) is 0 Å². The van der Waals surface area contributed by atoms with Gasteiger partial charge in [-0.2, -0.15) is 0 Å². The van der Waals surface area contributed by atoms with Crippen molar-refractivity contribution >= 4 is 5.97 Å². The number of carbonyl (C=O) groups is 1. The lowest BCUT2D eigenvalue weighted by atomic mass is 9.99. The SMILES string of the molecule is CC(=O)OCC(CO)O[C@@H]1O[C@H](CO)[C@@H](O)[C@H](O)[C@H]1O. The van der Waals surface area contributed by atoms with Crippen LogP contribution >= 0.6 is 0 Å². The van der Waals surface area contributed by atoms with Crippen molar-refractivity contribution in [2.75, 3.05) is 19.8 Å². The monoisotopic (exact) mass is 296 g/mol. The van der Waals surface area contributed by atoms with E-state index in [2.05, 4.69) is 4.74 Å². The van der Waals surface area contributed by atoms with E-state index in [0.717, 1.165) is 0 Å². The lowest BCUT2D eigenvalue weighted by Gasteiger charge is -2.40. The second-order valence-corrected chi connectivity index (χ2v) is 4.44. The minimum atomic E-state index is -1.57. The predicted molar refractivity (Wildman–Crippen MR) is 62.4 cm³/mol. The van der Waals surface area contributed by atoms with E-state index >= 15 is 0 Å². The summed E-state index contributed by atoms with van der Waals surface area (Å²) >= 11 is 0. The molecule has 0 aromatic carbocycles. The Hall–Kier alpha value is -0.810. The minimum absolute atomic E-state index is 0.263. The van der Waals surface area contributed by atoms with E-state index in [0.29, 0.717) is 0 Å². The molecule has 0 aromatic heterocycles. The largest absolute Gasteiger partial charge is 0.463 e. The van der Waals surface area contributed by atoms with Crippen LogP contribution in [0.2, 0.25) is 0 Å².